The van der Waals surface area contributed by atoms with E-state index in [1.807, 2.05) is 31.2 Å². The second-order valence-corrected chi connectivity index (χ2v) is 8.55. The van der Waals surface area contributed by atoms with E-state index in [1.165, 1.54) is 5.56 Å². The summed E-state index contributed by atoms with van der Waals surface area (Å²) in [4.78, 5) is 13.1. The standard InChI is InChI=1S/C27H36O5/c1-5-31-27(28)26-19(2)21(17-20-9-12-23(30-4)13-10-20)11-14-25(26)22-7-6-8-24(18-22)32-16-15-29-3/h6-10,12-13,18-19,21,25-26H,5,11,14-17H2,1-4H3. The second-order valence-electron chi connectivity index (χ2n) is 8.55. The molecule has 0 N–H and O–H groups in total. The molecule has 5 heteroatoms. The van der Waals surface area contributed by atoms with Crippen LogP contribution in [0.15, 0.2) is 48.5 Å². The molecule has 32 heavy (non-hydrogen) atoms. The summed E-state index contributed by atoms with van der Waals surface area (Å²) in [6.45, 7) is 5.54. The topological polar surface area (TPSA) is 54.0 Å². The van der Waals surface area contributed by atoms with Crippen molar-refractivity contribution < 1.29 is 23.7 Å². The number of hydrogen-bond acceptors (Lipinski definition) is 5. The fourth-order valence-electron chi connectivity index (χ4n) is 4.92. The first-order valence-corrected chi connectivity index (χ1v) is 11.6. The summed E-state index contributed by atoms with van der Waals surface area (Å²) < 4.78 is 21.7. The molecule has 1 saturated carbocycles. The number of carbonyl (C=O) groups excluding carboxylic acids is 1. The zero-order chi connectivity index (χ0) is 22.9. The van der Waals surface area contributed by atoms with Gasteiger partial charge in [-0.2, -0.15) is 0 Å². The number of esters is 1. The Bertz CT molecular complexity index is 847. The van der Waals surface area contributed by atoms with E-state index in [0.717, 1.165) is 36.3 Å². The number of ether oxygens (including phenoxy) is 4. The van der Waals surface area contributed by atoms with Crippen LogP contribution in [-0.4, -0.2) is 40.0 Å². The van der Waals surface area contributed by atoms with Crippen molar-refractivity contribution in [3.05, 3.63) is 59.7 Å². The van der Waals surface area contributed by atoms with Crippen molar-refractivity contribution in [2.45, 2.75) is 39.0 Å². The first-order valence-electron chi connectivity index (χ1n) is 11.6. The van der Waals surface area contributed by atoms with E-state index in [4.69, 9.17) is 18.9 Å². The Kier molecular flexibility index (Phi) is 8.98. The summed E-state index contributed by atoms with van der Waals surface area (Å²) in [6, 6.07) is 16.4. The van der Waals surface area contributed by atoms with E-state index in [0.29, 0.717) is 25.7 Å². The lowest BCUT2D eigenvalue weighted by molar-refractivity contribution is -0.153. The summed E-state index contributed by atoms with van der Waals surface area (Å²) in [5.41, 5.74) is 2.42. The van der Waals surface area contributed by atoms with Gasteiger partial charge >= 0.3 is 5.97 Å². The lowest BCUT2D eigenvalue weighted by Gasteiger charge is -2.40. The fourth-order valence-corrected chi connectivity index (χ4v) is 4.92. The predicted octanol–water partition coefficient (Wildman–Crippen LogP) is 5.27. The Balaban J connectivity index is 1.79. The van der Waals surface area contributed by atoms with Gasteiger partial charge in [0.2, 0.25) is 0 Å². The summed E-state index contributed by atoms with van der Waals surface area (Å²) in [5.74, 6) is 2.19. The minimum absolute atomic E-state index is 0.0878. The van der Waals surface area contributed by atoms with Gasteiger partial charge in [-0.15, -0.1) is 0 Å². The first-order chi connectivity index (χ1) is 15.6. The Hall–Kier alpha value is -2.53. The van der Waals surface area contributed by atoms with Crippen LogP contribution >= 0.6 is 0 Å². The second kappa shape index (κ2) is 11.9. The molecule has 174 valence electrons. The van der Waals surface area contributed by atoms with Gasteiger partial charge in [0.25, 0.3) is 0 Å². The Morgan fingerprint density at radius 2 is 1.78 bits per heavy atom. The lowest BCUT2D eigenvalue weighted by Crippen LogP contribution is -2.38. The maximum atomic E-state index is 13.1. The number of rotatable bonds is 10. The van der Waals surface area contributed by atoms with Gasteiger partial charge in [0.15, 0.2) is 0 Å². The normalized spacial score (nSPS) is 22.9. The highest BCUT2D eigenvalue weighted by atomic mass is 16.5. The molecule has 0 heterocycles. The zero-order valence-electron chi connectivity index (χ0n) is 19.7. The van der Waals surface area contributed by atoms with Gasteiger partial charge in [0.1, 0.15) is 18.1 Å². The van der Waals surface area contributed by atoms with Crippen molar-refractivity contribution in [2.75, 3.05) is 34.0 Å². The number of carbonyl (C=O) groups is 1. The molecule has 2 aromatic rings. The molecule has 4 atom stereocenters. The molecule has 0 aromatic heterocycles. The van der Waals surface area contributed by atoms with E-state index in [1.54, 1.807) is 14.2 Å². The molecule has 3 rings (SSSR count). The van der Waals surface area contributed by atoms with E-state index in [2.05, 4.69) is 31.2 Å². The molecule has 0 amide bonds. The van der Waals surface area contributed by atoms with E-state index in [-0.39, 0.29) is 23.7 Å². The van der Waals surface area contributed by atoms with Crippen LogP contribution in [0.1, 0.15) is 43.7 Å². The van der Waals surface area contributed by atoms with Gasteiger partial charge in [-0.05, 0) is 79.3 Å². The first kappa shape index (κ1) is 24.1. The van der Waals surface area contributed by atoms with Crippen molar-refractivity contribution in [1.29, 1.82) is 0 Å². The zero-order valence-corrected chi connectivity index (χ0v) is 19.7. The van der Waals surface area contributed by atoms with E-state index < -0.39 is 0 Å². The molecule has 5 nitrogen and oxygen atoms in total. The van der Waals surface area contributed by atoms with Crippen LogP contribution in [0.2, 0.25) is 0 Å². The highest BCUT2D eigenvalue weighted by molar-refractivity contribution is 5.74. The van der Waals surface area contributed by atoms with Gasteiger partial charge in [-0.1, -0.05) is 31.2 Å². The third kappa shape index (κ3) is 6.04. The Labute approximate surface area is 192 Å². The molecular weight excluding hydrogens is 404 g/mol. The maximum absolute atomic E-state index is 13.1. The smallest absolute Gasteiger partial charge is 0.309 e. The summed E-state index contributed by atoms with van der Waals surface area (Å²) in [5, 5.41) is 0. The minimum Gasteiger partial charge on any atom is -0.497 e. The SMILES string of the molecule is CCOC(=O)C1C(c2cccc(OCCOC)c2)CCC(Cc2ccc(OC)cc2)C1C. The molecule has 0 spiro atoms. The highest BCUT2D eigenvalue weighted by Crippen LogP contribution is 2.46. The van der Waals surface area contributed by atoms with Gasteiger partial charge in [0.05, 0.1) is 26.2 Å². The molecule has 1 aliphatic rings. The molecule has 0 saturated heterocycles. The molecular formula is C27H36O5. The predicted molar refractivity (Wildman–Crippen MR) is 125 cm³/mol. The average molecular weight is 441 g/mol. The number of hydrogen-bond donors (Lipinski definition) is 0. The van der Waals surface area contributed by atoms with Crippen LogP contribution in [0.3, 0.4) is 0 Å². The lowest BCUT2D eigenvalue weighted by atomic mass is 9.64. The summed E-state index contributed by atoms with van der Waals surface area (Å²) in [7, 11) is 3.34. The van der Waals surface area contributed by atoms with Crippen molar-refractivity contribution in [2.24, 2.45) is 17.8 Å². The molecule has 2 aromatic carbocycles. The van der Waals surface area contributed by atoms with Gasteiger partial charge in [-0.3, -0.25) is 4.79 Å². The maximum Gasteiger partial charge on any atom is 0.309 e. The van der Waals surface area contributed by atoms with Crippen molar-refractivity contribution in [1.82, 2.24) is 0 Å². The van der Waals surface area contributed by atoms with Crippen LogP contribution in [-0.2, 0) is 20.7 Å². The largest absolute Gasteiger partial charge is 0.497 e. The highest BCUT2D eigenvalue weighted by Gasteiger charge is 2.42. The minimum atomic E-state index is -0.166. The van der Waals surface area contributed by atoms with Crippen LogP contribution in [0.4, 0.5) is 0 Å². The van der Waals surface area contributed by atoms with Crippen molar-refractivity contribution in [3.8, 4) is 11.5 Å². The molecule has 4 unspecified atom stereocenters. The quantitative estimate of drug-likeness (QED) is 0.372. The van der Waals surface area contributed by atoms with Crippen LogP contribution in [0, 0.1) is 17.8 Å². The summed E-state index contributed by atoms with van der Waals surface area (Å²) in [6.07, 6.45) is 2.98. The third-order valence-electron chi connectivity index (χ3n) is 6.65. The number of benzene rings is 2. The monoisotopic (exact) mass is 440 g/mol. The molecule has 1 aliphatic carbocycles. The van der Waals surface area contributed by atoms with E-state index >= 15 is 0 Å². The molecule has 0 bridgehead atoms. The fraction of sp³-hybridized carbons (Fsp3) is 0.519. The summed E-state index contributed by atoms with van der Waals surface area (Å²) >= 11 is 0. The molecule has 0 radical (unpaired) electrons. The Morgan fingerprint density at radius 1 is 1.00 bits per heavy atom. The van der Waals surface area contributed by atoms with Crippen molar-refractivity contribution in [3.63, 3.8) is 0 Å². The van der Waals surface area contributed by atoms with Crippen LogP contribution in [0.5, 0.6) is 11.5 Å². The van der Waals surface area contributed by atoms with Gasteiger partial charge in [0, 0.05) is 7.11 Å². The third-order valence-corrected chi connectivity index (χ3v) is 6.65. The van der Waals surface area contributed by atoms with Crippen molar-refractivity contribution >= 4 is 5.97 Å². The average Bonchev–Trinajstić information content (AvgIpc) is 2.81. The van der Waals surface area contributed by atoms with Gasteiger partial charge in [-0.25, -0.2) is 0 Å². The molecule has 1 fully saturated rings. The number of methoxy groups -OCH3 is 2. The Morgan fingerprint density at radius 3 is 2.47 bits per heavy atom. The van der Waals surface area contributed by atoms with Crippen LogP contribution < -0.4 is 9.47 Å². The van der Waals surface area contributed by atoms with Gasteiger partial charge < -0.3 is 18.9 Å². The molecule has 0 aliphatic heterocycles. The van der Waals surface area contributed by atoms with E-state index in [9.17, 15) is 4.79 Å². The van der Waals surface area contributed by atoms with Crippen LogP contribution in [0.25, 0.3) is 0 Å².